The number of carbonyl (C=O) groups excluding carboxylic acids is 2. The Labute approximate surface area is 174 Å². The van der Waals surface area contributed by atoms with Gasteiger partial charge in [0, 0.05) is 51.4 Å². The second kappa shape index (κ2) is 11.2. The fourth-order valence-corrected chi connectivity index (χ4v) is 3.86. The van der Waals surface area contributed by atoms with Crippen LogP contribution < -0.4 is 15.0 Å². The zero-order chi connectivity index (χ0) is 20.5. The summed E-state index contributed by atoms with van der Waals surface area (Å²) in [7, 11) is 0. The number of piperazine rings is 1. The van der Waals surface area contributed by atoms with Gasteiger partial charge < -0.3 is 24.8 Å². The predicted molar refractivity (Wildman–Crippen MR) is 114 cm³/mol. The van der Waals surface area contributed by atoms with E-state index in [1.807, 2.05) is 24.3 Å². The van der Waals surface area contributed by atoms with Gasteiger partial charge in [0.05, 0.1) is 0 Å². The van der Waals surface area contributed by atoms with Crippen LogP contribution in [0.1, 0.15) is 32.6 Å². The van der Waals surface area contributed by atoms with Gasteiger partial charge >= 0.3 is 0 Å². The van der Waals surface area contributed by atoms with Crippen molar-refractivity contribution in [2.75, 3.05) is 63.9 Å². The lowest BCUT2D eigenvalue weighted by atomic mass is 10.2. The summed E-state index contributed by atoms with van der Waals surface area (Å²) in [6.45, 7) is 10.6. The topological polar surface area (TPSA) is 65.1 Å². The molecule has 0 radical (unpaired) electrons. The molecule has 0 aliphatic carbocycles. The van der Waals surface area contributed by atoms with E-state index in [2.05, 4.69) is 22.0 Å². The Kier molecular flexibility index (Phi) is 8.31. The lowest BCUT2D eigenvalue weighted by Gasteiger charge is -2.33. The summed E-state index contributed by atoms with van der Waals surface area (Å²) in [6, 6.07) is 7.37. The molecule has 0 atom stereocenters. The van der Waals surface area contributed by atoms with Crippen LogP contribution in [0.5, 0.6) is 5.75 Å². The molecule has 2 saturated heterocycles. The SMILES string of the molecule is CCN1CCN(CCCCNC(=O)COc2ccc(N3CCCC3=O)cc2)CC1. The number of benzene rings is 1. The van der Waals surface area contributed by atoms with Crippen molar-refractivity contribution in [1.29, 1.82) is 0 Å². The van der Waals surface area contributed by atoms with E-state index >= 15 is 0 Å². The average Bonchev–Trinajstić information content (AvgIpc) is 3.18. The van der Waals surface area contributed by atoms with Crippen molar-refractivity contribution in [2.45, 2.75) is 32.6 Å². The van der Waals surface area contributed by atoms with E-state index in [-0.39, 0.29) is 18.4 Å². The number of ether oxygens (including phenoxy) is 1. The van der Waals surface area contributed by atoms with Gasteiger partial charge in [0.1, 0.15) is 5.75 Å². The van der Waals surface area contributed by atoms with Crippen molar-refractivity contribution in [2.24, 2.45) is 0 Å². The Morgan fingerprint density at radius 3 is 2.41 bits per heavy atom. The molecule has 0 bridgehead atoms. The Morgan fingerprint density at radius 2 is 1.76 bits per heavy atom. The fourth-order valence-electron chi connectivity index (χ4n) is 3.86. The van der Waals surface area contributed by atoms with E-state index in [0.717, 1.165) is 57.7 Å². The number of unbranched alkanes of at least 4 members (excludes halogenated alkanes) is 1. The summed E-state index contributed by atoms with van der Waals surface area (Å²) in [4.78, 5) is 30.5. The van der Waals surface area contributed by atoms with Crippen LogP contribution >= 0.6 is 0 Å². The minimum Gasteiger partial charge on any atom is -0.484 e. The number of amides is 2. The van der Waals surface area contributed by atoms with Gasteiger partial charge in [0.15, 0.2) is 6.61 Å². The number of anilines is 1. The molecule has 7 nitrogen and oxygen atoms in total. The summed E-state index contributed by atoms with van der Waals surface area (Å²) in [5.74, 6) is 0.711. The highest BCUT2D eigenvalue weighted by Gasteiger charge is 2.21. The normalized spacial score (nSPS) is 18.2. The van der Waals surface area contributed by atoms with Gasteiger partial charge in [-0.25, -0.2) is 0 Å². The first-order valence-electron chi connectivity index (χ1n) is 10.9. The van der Waals surface area contributed by atoms with Gasteiger partial charge in [-0.3, -0.25) is 9.59 Å². The third-order valence-electron chi connectivity index (χ3n) is 5.73. The molecule has 3 rings (SSSR count). The summed E-state index contributed by atoms with van der Waals surface area (Å²) < 4.78 is 5.56. The summed E-state index contributed by atoms with van der Waals surface area (Å²) in [6.07, 6.45) is 3.61. The molecule has 2 amide bonds. The van der Waals surface area contributed by atoms with Gasteiger partial charge in [-0.15, -0.1) is 0 Å². The van der Waals surface area contributed by atoms with E-state index in [1.165, 1.54) is 13.1 Å². The molecule has 2 aliphatic heterocycles. The van der Waals surface area contributed by atoms with Crippen molar-refractivity contribution in [3.63, 3.8) is 0 Å². The highest BCUT2D eigenvalue weighted by atomic mass is 16.5. The van der Waals surface area contributed by atoms with Crippen LogP contribution in [-0.2, 0) is 9.59 Å². The molecule has 0 saturated carbocycles. The van der Waals surface area contributed by atoms with Crippen LogP contribution in [0, 0.1) is 0 Å². The van der Waals surface area contributed by atoms with Gasteiger partial charge in [-0.1, -0.05) is 6.92 Å². The van der Waals surface area contributed by atoms with Crippen LogP contribution in [0.15, 0.2) is 24.3 Å². The number of nitrogens with zero attached hydrogens (tertiary/aromatic N) is 3. The molecule has 160 valence electrons. The van der Waals surface area contributed by atoms with Gasteiger partial charge in [0.2, 0.25) is 5.91 Å². The molecule has 1 aromatic carbocycles. The molecule has 2 heterocycles. The van der Waals surface area contributed by atoms with E-state index in [9.17, 15) is 9.59 Å². The maximum Gasteiger partial charge on any atom is 0.257 e. The number of hydrogen-bond donors (Lipinski definition) is 1. The highest BCUT2D eigenvalue weighted by Crippen LogP contribution is 2.23. The second-order valence-corrected chi connectivity index (χ2v) is 7.76. The first kappa shape index (κ1) is 21.6. The molecular weight excluding hydrogens is 368 g/mol. The van der Waals surface area contributed by atoms with Crippen LogP contribution in [0.25, 0.3) is 0 Å². The third-order valence-corrected chi connectivity index (χ3v) is 5.73. The lowest BCUT2D eigenvalue weighted by molar-refractivity contribution is -0.123. The first-order valence-corrected chi connectivity index (χ1v) is 10.9. The number of likely N-dealkylation sites (N-methyl/N-ethyl adjacent to an activating group) is 1. The van der Waals surface area contributed by atoms with E-state index in [0.29, 0.717) is 18.7 Å². The van der Waals surface area contributed by atoms with E-state index in [4.69, 9.17) is 4.74 Å². The number of rotatable bonds is 10. The molecule has 0 aromatic heterocycles. The highest BCUT2D eigenvalue weighted by molar-refractivity contribution is 5.95. The Morgan fingerprint density at radius 1 is 1.03 bits per heavy atom. The molecule has 2 fully saturated rings. The first-order chi connectivity index (χ1) is 14.2. The van der Waals surface area contributed by atoms with Gasteiger partial charge in [-0.05, 0) is 56.6 Å². The van der Waals surface area contributed by atoms with Crippen molar-refractivity contribution in [1.82, 2.24) is 15.1 Å². The average molecular weight is 403 g/mol. The summed E-state index contributed by atoms with van der Waals surface area (Å²) in [5, 5.41) is 2.93. The molecule has 1 N–H and O–H groups in total. The second-order valence-electron chi connectivity index (χ2n) is 7.76. The Hall–Kier alpha value is -2.12. The monoisotopic (exact) mass is 402 g/mol. The Bertz CT molecular complexity index is 657. The predicted octanol–water partition coefficient (Wildman–Crippen LogP) is 1.73. The lowest BCUT2D eigenvalue weighted by Crippen LogP contribution is -2.46. The minimum absolute atomic E-state index is 0.0149. The molecule has 7 heteroatoms. The van der Waals surface area contributed by atoms with Crippen LogP contribution in [0.3, 0.4) is 0 Å². The third kappa shape index (κ3) is 6.72. The zero-order valence-corrected chi connectivity index (χ0v) is 17.6. The molecule has 2 aliphatic rings. The van der Waals surface area contributed by atoms with E-state index < -0.39 is 0 Å². The van der Waals surface area contributed by atoms with Crippen molar-refractivity contribution >= 4 is 17.5 Å². The Balaban J connectivity index is 1.25. The number of hydrogen-bond acceptors (Lipinski definition) is 5. The minimum atomic E-state index is -0.0969. The van der Waals surface area contributed by atoms with Gasteiger partial charge in [-0.2, -0.15) is 0 Å². The summed E-state index contributed by atoms with van der Waals surface area (Å²) in [5.41, 5.74) is 0.889. The van der Waals surface area contributed by atoms with Gasteiger partial charge in [0.25, 0.3) is 5.91 Å². The van der Waals surface area contributed by atoms with Crippen molar-refractivity contribution in [3.05, 3.63) is 24.3 Å². The molecule has 0 spiro atoms. The fraction of sp³-hybridized carbons (Fsp3) is 0.636. The number of carbonyl (C=O) groups is 2. The van der Waals surface area contributed by atoms with Crippen LogP contribution in [0.2, 0.25) is 0 Å². The van der Waals surface area contributed by atoms with Crippen molar-refractivity contribution in [3.8, 4) is 5.75 Å². The molecule has 0 unspecified atom stereocenters. The van der Waals surface area contributed by atoms with Crippen molar-refractivity contribution < 1.29 is 14.3 Å². The zero-order valence-electron chi connectivity index (χ0n) is 17.6. The summed E-state index contributed by atoms with van der Waals surface area (Å²) >= 11 is 0. The largest absolute Gasteiger partial charge is 0.484 e. The van der Waals surface area contributed by atoms with Crippen LogP contribution in [-0.4, -0.2) is 80.6 Å². The quantitative estimate of drug-likeness (QED) is 0.604. The van der Waals surface area contributed by atoms with E-state index in [1.54, 1.807) is 4.90 Å². The molecule has 1 aromatic rings. The smallest absolute Gasteiger partial charge is 0.257 e. The standard InChI is InChI=1S/C22H34N4O3/c1-2-24-14-16-25(17-15-24)12-4-3-11-23-21(27)18-29-20-9-7-19(8-10-20)26-13-5-6-22(26)28/h7-10H,2-6,11-18H2,1H3,(H,23,27). The number of nitrogens with one attached hydrogen (secondary N) is 1. The molecule has 29 heavy (non-hydrogen) atoms. The maximum atomic E-state index is 12.0. The molecular formula is C22H34N4O3. The maximum absolute atomic E-state index is 12.0. The van der Waals surface area contributed by atoms with Crippen LogP contribution in [0.4, 0.5) is 5.69 Å².